The lowest BCUT2D eigenvalue weighted by Gasteiger charge is -2.34. The molecule has 4 heterocycles. The molecule has 2 aromatic rings. The molecule has 16 amide bonds. The summed E-state index contributed by atoms with van der Waals surface area (Å²) >= 11 is 0. The Bertz CT molecular complexity index is 4510. The number of benzene rings is 1. The molecule has 55 nitrogen and oxygen atoms in total. The molecule has 1 aromatic heterocycles. The molecular weight excluding hydrogens is 1750 g/mol. The highest BCUT2D eigenvalue weighted by Gasteiger charge is 2.46. The monoisotopic (exact) mass is 1890 g/mol. The van der Waals surface area contributed by atoms with Crippen molar-refractivity contribution < 1.29 is 81.8 Å². The van der Waals surface area contributed by atoms with E-state index in [1.807, 2.05) is 0 Å². The number of aromatic amines is 1. The van der Waals surface area contributed by atoms with E-state index in [4.69, 9.17) is 89.5 Å². The number of nitrogens with two attached hydrogens (primary N) is 9. The molecule has 5 rings (SSSR count). The number of rotatable bonds is 36. The number of carbonyl (C=O) groups excluding carboxylic acids is 16. The van der Waals surface area contributed by atoms with E-state index in [1.54, 1.807) is 30.5 Å². The number of aromatic nitrogens is 1. The second-order valence-corrected chi connectivity index (χ2v) is 32.6. The van der Waals surface area contributed by atoms with Crippen molar-refractivity contribution in [3.63, 3.8) is 0 Å². The lowest BCUT2D eigenvalue weighted by molar-refractivity contribution is -0.148. The Balaban J connectivity index is 1.72. The fourth-order valence-electron chi connectivity index (χ4n) is 15.0. The maximum absolute atomic E-state index is 15.4. The average molecular weight is 1890 g/mol. The first-order chi connectivity index (χ1) is 63.4. The molecule has 55 heteroatoms. The molecular formula is C79H134N38O17. The van der Waals surface area contributed by atoms with Crippen LogP contribution in [0.15, 0.2) is 30.5 Å². The van der Waals surface area contributed by atoms with Gasteiger partial charge in [-0.3, -0.25) is 115 Å². The standard InChI is InChI=1S/C79H134N38O17/c1-39-59(121)115-58(40(2)118)70(132)111-49(21-10-32-101-78(92)93)63(125)110-50(25-26-56(80)119)66(128)107-48(20-9-31-100-77(90)91)65(127)113-53(37-57(81)120)68(130)109-47(19-8-30-99-76(88)89)64(126)112-51(22-11-33-102-79(94)95)71(133)117-35-13-24-55(117)72(134)116-34-12-23-54(116)69(131)114-52(36-41-38-103-43-15-4-3-14-42(41)43)67(129)108-46(18-7-29-98-75(86)87)62(124)106-45(17-6-28-97-74(84)85)61(123)105-44(60(122)104-39)16-5-27-96-73(82)83/h3-4,14-15,38-40,44-55,58,103,118H,5-13,16-37H2,1-2H3,(H2,80,119)(H2,81,120)(H,104,122)(H,105,123)(H,106,124)(H,107,128)(H,108,129)(H,109,130)(H,110,125)(H,111,132)(H,112,126)(H,113,127)(H,114,131)(H,115,121)(H4,82,83,96)(H4,84,85,97)(H4,86,87,98)(H4,88,89,99)(H4,90,91,100)(H4,92,93,101)(H4,94,95,102)/t39-,40+,44-,45-,46-,47-,48-,49+,50-,51-,52-,53-,54+,55-,58-/m0/s1. The van der Waals surface area contributed by atoms with Gasteiger partial charge in [-0.15, -0.1) is 0 Å². The van der Waals surface area contributed by atoms with Gasteiger partial charge in [0, 0.05) is 88.8 Å². The van der Waals surface area contributed by atoms with Gasteiger partial charge in [-0.1, -0.05) is 18.2 Å². The number of nitrogens with zero attached hydrogens (tertiary/aromatic N) is 2. The Labute approximate surface area is 771 Å². The van der Waals surface area contributed by atoms with Crippen LogP contribution in [0.2, 0.25) is 0 Å². The minimum atomic E-state index is -2.01. The van der Waals surface area contributed by atoms with Crippen molar-refractivity contribution >= 4 is 147 Å². The highest BCUT2D eigenvalue weighted by Crippen LogP contribution is 2.28. The second-order valence-electron chi connectivity index (χ2n) is 32.6. The van der Waals surface area contributed by atoms with Gasteiger partial charge in [0.05, 0.1) is 12.5 Å². The van der Waals surface area contributed by atoms with Crippen molar-refractivity contribution in [3.8, 4) is 0 Å². The van der Waals surface area contributed by atoms with Crippen LogP contribution in [0.4, 0.5) is 0 Å². The maximum atomic E-state index is 15.4. The molecule has 742 valence electrons. The number of hydrogen-bond donors (Lipinski definition) is 37. The Morgan fingerprint density at radius 3 is 1.04 bits per heavy atom. The zero-order valence-corrected chi connectivity index (χ0v) is 75.0. The maximum Gasteiger partial charge on any atom is 0.246 e. The number of carbonyl (C=O) groups is 16. The molecule has 0 bridgehead atoms. The van der Waals surface area contributed by atoms with Crippen LogP contribution in [-0.2, 0) is 83.1 Å². The quantitative estimate of drug-likeness (QED) is 0.0171. The van der Waals surface area contributed by atoms with Crippen molar-refractivity contribution in [2.45, 2.75) is 246 Å². The molecule has 3 aliphatic heterocycles. The zero-order valence-electron chi connectivity index (χ0n) is 75.0. The molecule has 3 fully saturated rings. The lowest BCUT2D eigenvalue weighted by atomic mass is 10.0. The summed E-state index contributed by atoms with van der Waals surface area (Å²) in [4.78, 5) is 241. The van der Waals surface area contributed by atoms with E-state index in [2.05, 4.69) is 106 Å². The van der Waals surface area contributed by atoms with Gasteiger partial charge in [-0.2, -0.15) is 0 Å². The van der Waals surface area contributed by atoms with Gasteiger partial charge in [0.2, 0.25) is 94.5 Å². The molecule has 134 heavy (non-hydrogen) atoms. The third kappa shape index (κ3) is 38.3. The van der Waals surface area contributed by atoms with Crippen LogP contribution in [0, 0.1) is 37.9 Å². The van der Waals surface area contributed by atoms with Crippen molar-refractivity contribution in [3.05, 3.63) is 36.0 Å². The topological polar surface area (TPSA) is 945 Å². The summed E-state index contributed by atoms with van der Waals surface area (Å²) in [6, 6.07) is -16.4. The van der Waals surface area contributed by atoms with Crippen LogP contribution < -0.4 is 153 Å². The van der Waals surface area contributed by atoms with E-state index in [0.29, 0.717) is 16.5 Å². The van der Waals surface area contributed by atoms with Crippen LogP contribution in [0.3, 0.4) is 0 Å². The Morgan fingerprint density at radius 1 is 0.373 bits per heavy atom. The zero-order chi connectivity index (χ0) is 99.4. The first kappa shape index (κ1) is 110. The number of amides is 16. The number of primary amides is 2. The predicted molar refractivity (Wildman–Crippen MR) is 488 cm³/mol. The lowest BCUT2D eigenvalue weighted by Crippen LogP contribution is -2.62. The normalized spacial score (nSPS) is 23.7. The number of para-hydroxylation sites is 1. The van der Waals surface area contributed by atoms with Gasteiger partial charge >= 0.3 is 0 Å². The highest BCUT2D eigenvalue weighted by molar-refractivity contribution is 6.02. The van der Waals surface area contributed by atoms with Gasteiger partial charge in [-0.05, 0) is 147 Å². The molecule has 0 unspecified atom stereocenters. The van der Waals surface area contributed by atoms with Crippen LogP contribution >= 0.6 is 0 Å². The van der Waals surface area contributed by atoms with Crippen LogP contribution in [0.1, 0.15) is 154 Å². The highest BCUT2D eigenvalue weighted by atomic mass is 16.3. The summed E-state index contributed by atoms with van der Waals surface area (Å²) in [7, 11) is 0. The third-order valence-corrected chi connectivity index (χ3v) is 21.9. The van der Waals surface area contributed by atoms with Crippen LogP contribution in [0.25, 0.3) is 10.9 Å². The van der Waals surface area contributed by atoms with E-state index in [1.165, 1.54) is 9.80 Å². The predicted octanol–water partition coefficient (Wildman–Crippen LogP) is -12.1. The number of nitrogens with one attached hydrogen (secondary N) is 27. The number of fused-ring (bicyclic) bond motifs is 3. The smallest absolute Gasteiger partial charge is 0.246 e. The summed E-state index contributed by atoms with van der Waals surface area (Å²) in [6.45, 7) is 1.54. The van der Waals surface area contributed by atoms with E-state index >= 15 is 28.8 Å². The first-order valence-electron chi connectivity index (χ1n) is 44.1. The largest absolute Gasteiger partial charge is 0.391 e. The average Bonchev–Trinajstić information content (AvgIpc) is 1.64. The fraction of sp³-hybridized carbons (Fsp3) is 0.608. The van der Waals surface area contributed by atoms with E-state index in [9.17, 15) is 53.1 Å². The molecule has 0 spiro atoms. The number of guanidine groups is 7. The van der Waals surface area contributed by atoms with Crippen molar-refractivity contribution in [2.24, 2.45) is 51.6 Å². The summed E-state index contributed by atoms with van der Waals surface area (Å²) in [5, 5.41) is 115. The summed E-state index contributed by atoms with van der Waals surface area (Å²) < 4.78 is 0. The second kappa shape index (κ2) is 56.0. The third-order valence-electron chi connectivity index (χ3n) is 21.9. The number of H-pyrrole nitrogens is 1. The van der Waals surface area contributed by atoms with Gasteiger partial charge in [-0.25, -0.2) is 0 Å². The van der Waals surface area contributed by atoms with Gasteiger partial charge in [0.25, 0.3) is 0 Å². The molecule has 1 aromatic carbocycles. The Kier molecular flexibility index (Phi) is 45.8. The van der Waals surface area contributed by atoms with Gasteiger partial charge in [0.15, 0.2) is 41.7 Å². The molecule has 46 N–H and O–H groups in total. The Hall–Kier alpha value is -14.9. The molecule has 0 radical (unpaired) electrons. The van der Waals surface area contributed by atoms with E-state index in [0.717, 1.165) is 13.8 Å². The SMILES string of the molecule is C[C@@H]1NC(=O)[C@H](CCCNC(=N)N)NC(=O)[C@H](CCCNC(=N)N)NC(=O)[C@H](CCCNC(=N)N)NC(=O)[C@H](Cc2c[nH]c3ccccc23)NC(=O)[C@H]2CCCN2C(=O)[C@@H]2CCCN2C(=O)[C@H](CCCNC(=N)N)NC(=O)[C@H](CCCNC(=N)N)NC(=O)[C@H](CC(N)=O)NC(=O)[C@H](CCCNC(=N)N)NC(=O)[C@H](CCC(N)=O)NC(=O)[C@@H](CCCNC(=N)N)NC(=O)[C@H]([C@@H](C)O)NC1=O. The van der Waals surface area contributed by atoms with Crippen molar-refractivity contribution in [1.29, 1.82) is 37.9 Å². The fourth-order valence-corrected chi connectivity index (χ4v) is 15.0. The summed E-state index contributed by atoms with van der Waals surface area (Å²) in [6.07, 6.45) is -4.71. The van der Waals surface area contributed by atoms with Gasteiger partial charge < -0.3 is 173 Å². The molecule has 0 saturated carbocycles. The van der Waals surface area contributed by atoms with Crippen molar-refractivity contribution in [2.75, 3.05) is 58.9 Å². The summed E-state index contributed by atoms with van der Waals surface area (Å²) in [5.74, 6) is -20.4. The minimum Gasteiger partial charge on any atom is -0.391 e. The molecule has 0 aliphatic carbocycles. The molecule has 3 saturated heterocycles. The van der Waals surface area contributed by atoms with Gasteiger partial charge in [0.1, 0.15) is 84.6 Å². The van der Waals surface area contributed by atoms with E-state index in [-0.39, 0.29) is 174 Å². The Morgan fingerprint density at radius 2 is 0.679 bits per heavy atom. The molecule has 3 aliphatic rings. The number of aliphatic hydroxyl groups is 1. The van der Waals surface area contributed by atoms with Crippen LogP contribution in [-0.4, -0.2) is 306 Å². The number of aliphatic hydroxyl groups excluding tert-OH is 1. The first-order valence-corrected chi connectivity index (χ1v) is 44.1. The summed E-state index contributed by atoms with van der Waals surface area (Å²) in [5.41, 5.74) is 51.5. The minimum absolute atomic E-state index is 0.000958. The number of hydrogen-bond acceptors (Lipinski definition) is 24. The van der Waals surface area contributed by atoms with Crippen molar-refractivity contribution in [1.82, 2.24) is 116 Å². The van der Waals surface area contributed by atoms with Crippen LogP contribution in [0.5, 0.6) is 0 Å². The van der Waals surface area contributed by atoms with E-state index < -0.39 is 253 Å². The molecule has 15 atom stereocenters.